The number of nitro groups is 1. The van der Waals surface area contributed by atoms with Gasteiger partial charge in [0, 0.05) is 23.6 Å². The van der Waals surface area contributed by atoms with Gasteiger partial charge in [0.05, 0.1) is 22.3 Å². The summed E-state index contributed by atoms with van der Waals surface area (Å²) < 4.78 is 0. The van der Waals surface area contributed by atoms with E-state index in [2.05, 4.69) is 5.32 Å². The lowest BCUT2D eigenvalue weighted by molar-refractivity contribution is -0.384. The van der Waals surface area contributed by atoms with Crippen molar-refractivity contribution in [2.45, 2.75) is 32.4 Å². The summed E-state index contributed by atoms with van der Waals surface area (Å²) in [5, 5.41) is 32.6. The number of nitrogens with one attached hydrogen (secondary N) is 1. The van der Waals surface area contributed by atoms with Crippen LogP contribution in [0.25, 0.3) is 0 Å². The van der Waals surface area contributed by atoms with Crippen LogP contribution >= 0.6 is 0 Å². The number of hydrogen-bond donors (Lipinski definition) is 2. The van der Waals surface area contributed by atoms with E-state index in [1.54, 1.807) is 0 Å². The smallest absolute Gasteiger partial charge is 0.270 e. The van der Waals surface area contributed by atoms with Crippen LogP contribution in [0.4, 0.5) is 11.4 Å². The van der Waals surface area contributed by atoms with Crippen molar-refractivity contribution in [1.29, 1.82) is 5.26 Å². The molecule has 0 saturated heterocycles. The zero-order chi connectivity index (χ0) is 14.2. The molecule has 0 aromatic heterocycles. The first-order valence-electron chi connectivity index (χ1n) is 5.99. The Morgan fingerprint density at radius 3 is 2.74 bits per heavy atom. The van der Waals surface area contributed by atoms with Gasteiger partial charge in [-0.3, -0.25) is 10.1 Å². The number of nitrogens with zero attached hydrogens (tertiary/aromatic N) is 2. The van der Waals surface area contributed by atoms with Crippen LogP contribution in [0.15, 0.2) is 18.2 Å². The first-order chi connectivity index (χ1) is 8.86. The molecule has 1 aromatic carbocycles. The van der Waals surface area contributed by atoms with Crippen LogP contribution in [0.5, 0.6) is 0 Å². The molecule has 100 valence electrons. The van der Waals surface area contributed by atoms with Crippen molar-refractivity contribution in [2.24, 2.45) is 5.41 Å². The maximum absolute atomic E-state index is 10.7. The topological polar surface area (TPSA) is 99.2 Å². The van der Waals surface area contributed by atoms with Crippen LogP contribution < -0.4 is 5.32 Å². The highest BCUT2D eigenvalue weighted by Crippen LogP contribution is 2.42. The second-order valence-electron chi connectivity index (χ2n) is 5.37. The average molecular weight is 261 g/mol. The molecule has 2 rings (SSSR count). The van der Waals surface area contributed by atoms with Gasteiger partial charge in [-0.2, -0.15) is 5.26 Å². The van der Waals surface area contributed by atoms with Crippen molar-refractivity contribution in [3.05, 3.63) is 33.9 Å². The normalized spacial score (nSPS) is 24.1. The van der Waals surface area contributed by atoms with Gasteiger partial charge in [0.15, 0.2) is 0 Å². The van der Waals surface area contributed by atoms with E-state index in [1.807, 2.05) is 19.9 Å². The fourth-order valence-corrected chi connectivity index (χ4v) is 2.20. The number of aliphatic hydroxyl groups excluding tert-OH is 1. The van der Waals surface area contributed by atoms with Gasteiger partial charge in [-0.25, -0.2) is 0 Å². The number of hydrogen-bond acceptors (Lipinski definition) is 5. The largest absolute Gasteiger partial charge is 0.392 e. The van der Waals surface area contributed by atoms with Gasteiger partial charge < -0.3 is 10.4 Å². The molecule has 1 aliphatic rings. The minimum Gasteiger partial charge on any atom is -0.392 e. The predicted octanol–water partition coefficient (Wildman–Crippen LogP) is 2.04. The standard InChI is InChI=1S/C13H15N3O3/c1-13(2)11(6-12(13)17)15-10-4-3-9(16(18)19)5-8(10)7-14/h3-5,11-12,15,17H,6H2,1-2H3. The van der Waals surface area contributed by atoms with E-state index in [-0.39, 0.29) is 28.8 Å². The molecule has 2 N–H and O–H groups in total. The highest BCUT2D eigenvalue weighted by Gasteiger charge is 2.47. The summed E-state index contributed by atoms with van der Waals surface area (Å²) in [6.45, 7) is 3.88. The average Bonchev–Trinajstić information content (AvgIpc) is 2.38. The molecule has 6 nitrogen and oxygen atoms in total. The van der Waals surface area contributed by atoms with Gasteiger partial charge in [0.25, 0.3) is 5.69 Å². The van der Waals surface area contributed by atoms with E-state index >= 15 is 0 Å². The molecule has 1 saturated carbocycles. The third-order valence-electron chi connectivity index (χ3n) is 3.88. The summed E-state index contributed by atoms with van der Waals surface area (Å²) in [7, 11) is 0. The molecule has 19 heavy (non-hydrogen) atoms. The Morgan fingerprint density at radius 1 is 1.58 bits per heavy atom. The fraction of sp³-hybridized carbons (Fsp3) is 0.462. The third-order valence-corrected chi connectivity index (χ3v) is 3.88. The fourth-order valence-electron chi connectivity index (χ4n) is 2.20. The predicted molar refractivity (Wildman–Crippen MR) is 69.6 cm³/mol. The van der Waals surface area contributed by atoms with E-state index in [9.17, 15) is 15.2 Å². The first-order valence-corrected chi connectivity index (χ1v) is 5.99. The van der Waals surface area contributed by atoms with Crippen molar-refractivity contribution in [3.8, 4) is 6.07 Å². The maximum Gasteiger partial charge on any atom is 0.270 e. The summed E-state index contributed by atoms with van der Waals surface area (Å²) in [6, 6.07) is 6.17. The molecule has 2 unspecified atom stereocenters. The molecule has 1 fully saturated rings. The first kappa shape index (κ1) is 13.3. The van der Waals surface area contributed by atoms with Crippen LogP contribution in [0, 0.1) is 26.9 Å². The minimum absolute atomic E-state index is 0.0519. The summed E-state index contributed by atoms with van der Waals surface area (Å²) in [4.78, 5) is 10.1. The molecular weight excluding hydrogens is 246 g/mol. The van der Waals surface area contributed by atoms with E-state index in [1.165, 1.54) is 18.2 Å². The molecule has 6 heteroatoms. The SMILES string of the molecule is CC1(C)C(O)CC1Nc1ccc([N+](=O)[O-])cc1C#N. The van der Waals surface area contributed by atoms with Crippen LogP contribution in [-0.2, 0) is 0 Å². The van der Waals surface area contributed by atoms with Crippen LogP contribution in [-0.4, -0.2) is 22.2 Å². The Labute approximate surface area is 110 Å². The lowest BCUT2D eigenvalue weighted by Crippen LogP contribution is -2.56. The number of rotatable bonds is 3. The van der Waals surface area contributed by atoms with Gasteiger partial charge >= 0.3 is 0 Å². The van der Waals surface area contributed by atoms with Gasteiger partial charge in [-0.05, 0) is 12.5 Å². The van der Waals surface area contributed by atoms with E-state index in [0.717, 1.165) is 0 Å². The van der Waals surface area contributed by atoms with Crippen molar-refractivity contribution >= 4 is 11.4 Å². The maximum atomic E-state index is 10.7. The molecule has 1 aliphatic carbocycles. The monoisotopic (exact) mass is 261 g/mol. The van der Waals surface area contributed by atoms with Crippen LogP contribution in [0.3, 0.4) is 0 Å². The summed E-state index contributed by atoms with van der Waals surface area (Å²) in [5.74, 6) is 0. The lowest BCUT2D eigenvalue weighted by atomic mass is 9.64. The second kappa shape index (κ2) is 4.52. The zero-order valence-corrected chi connectivity index (χ0v) is 10.8. The zero-order valence-electron chi connectivity index (χ0n) is 10.8. The van der Waals surface area contributed by atoms with Crippen LogP contribution in [0.1, 0.15) is 25.8 Å². The van der Waals surface area contributed by atoms with E-state index in [0.29, 0.717) is 12.1 Å². The number of aliphatic hydroxyl groups is 1. The highest BCUT2D eigenvalue weighted by molar-refractivity contribution is 5.62. The molecule has 0 spiro atoms. The number of nitriles is 1. The molecule has 0 radical (unpaired) electrons. The third kappa shape index (κ3) is 2.25. The number of benzene rings is 1. The van der Waals surface area contributed by atoms with Gasteiger partial charge in [0.2, 0.25) is 0 Å². The Balaban J connectivity index is 2.23. The quantitative estimate of drug-likeness (QED) is 0.640. The summed E-state index contributed by atoms with van der Waals surface area (Å²) >= 11 is 0. The molecule has 0 amide bonds. The van der Waals surface area contributed by atoms with Crippen molar-refractivity contribution in [3.63, 3.8) is 0 Å². The van der Waals surface area contributed by atoms with Gasteiger partial charge in [-0.15, -0.1) is 0 Å². The van der Waals surface area contributed by atoms with Gasteiger partial charge in [-0.1, -0.05) is 13.8 Å². The molecule has 1 aromatic rings. The number of nitro benzene ring substituents is 1. The Kier molecular flexibility index (Phi) is 3.16. The van der Waals surface area contributed by atoms with Crippen molar-refractivity contribution in [1.82, 2.24) is 0 Å². The second-order valence-corrected chi connectivity index (χ2v) is 5.37. The van der Waals surface area contributed by atoms with Crippen molar-refractivity contribution < 1.29 is 10.0 Å². The molecule has 2 atom stereocenters. The van der Waals surface area contributed by atoms with Crippen molar-refractivity contribution in [2.75, 3.05) is 5.32 Å². The summed E-state index contributed by atoms with van der Waals surface area (Å²) in [6.07, 6.45) is 0.239. The lowest BCUT2D eigenvalue weighted by Gasteiger charge is -2.49. The number of anilines is 1. The van der Waals surface area contributed by atoms with E-state index < -0.39 is 4.92 Å². The van der Waals surface area contributed by atoms with E-state index in [4.69, 9.17) is 5.26 Å². The van der Waals surface area contributed by atoms with Crippen LogP contribution in [0.2, 0.25) is 0 Å². The summed E-state index contributed by atoms with van der Waals surface area (Å²) in [5.41, 5.74) is 0.438. The molecule has 0 aliphatic heterocycles. The Hall–Kier alpha value is -2.13. The van der Waals surface area contributed by atoms with Gasteiger partial charge in [0.1, 0.15) is 6.07 Å². The highest BCUT2D eigenvalue weighted by atomic mass is 16.6. The molecular formula is C13H15N3O3. The molecule has 0 heterocycles. The Bertz CT molecular complexity index is 563. The Morgan fingerprint density at radius 2 is 2.26 bits per heavy atom. The molecule has 0 bridgehead atoms. The number of non-ortho nitro benzene ring substituents is 1. The minimum atomic E-state index is -0.526.